The second-order valence-corrected chi connectivity index (χ2v) is 4.56. The lowest BCUT2D eigenvalue weighted by atomic mass is 10.0. The third-order valence-corrected chi connectivity index (χ3v) is 2.75. The van der Waals surface area contributed by atoms with Crippen LogP contribution < -0.4 is 0 Å². The fourth-order valence-corrected chi connectivity index (χ4v) is 2.04. The van der Waals surface area contributed by atoms with Crippen LogP contribution >= 0.6 is 0 Å². The molecule has 0 aliphatic carbocycles. The second-order valence-electron chi connectivity index (χ2n) is 3.17. The van der Waals surface area contributed by atoms with E-state index in [1.807, 2.05) is 13.8 Å². The second kappa shape index (κ2) is 5.11. The Morgan fingerprint density at radius 2 is 1.71 bits per heavy atom. The summed E-state index contributed by atoms with van der Waals surface area (Å²) in [6, 6.07) is 6.46. The van der Waals surface area contributed by atoms with E-state index in [0.29, 0.717) is 5.56 Å². The minimum Gasteiger partial charge on any atom is -0.282 e. The molecule has 0 bridgehead atoms. The largest absolute Gasteiger partial charge is 0.316 e. The van der Waals surface area contributed by atoms with E-state index < -0.39 is 10.1 Å². The van der Waals surface area contributed by atoms with Crippen LogP contribution in [0.2, 0.25) is 0 Å². The van der Waals surface area contributed by atoms with E-state index in [1.165, 1.54) is 6.07 Å². The monoisotopic (exact) mass is 226 g/mol. The molecule has 1 rings (SSSR count). The van der Waals surface area contributed by atoms with Gasteiger partial charge in [0.1, 0.15) is 0 Å². The molecule has 5 heteroatoms. The van der Waals surface area contributed by atoms with E-state index in [-0.39, 0.29) is 33.9 Å². The van der Waals surface area contributed by atoms with E-state index >= 15 is 0 Å². The molecule has 1 aromatic rings. The van der Waals surface area contributed by atoms with Gasteiger partial charge in [0.15, 0.2) is 0 Å². The van der Waals surface area contributed by atoms with Crippen molar-refractivity contribution in [3.05, 3.63) is 29.8 Å². The predicted octanol–water partition coefficient (Wildman–Crippen LogP) is 1.14. The molecular weight excluding hydrogens is 212 g/mol. The van der Waals surface area contributed by atoms with Crippen LogP contribution in [0.3, 0.4) is 0 Å². The molecule has 76 valence electrons. The van der Waals surface area contributed by atoms with Gasteiger partial charge in [0.25, 0.3) is 10.1 Å². The van der Waals surface area contributed by atoms with Crippen molar-refractivity contribution in [3.63, 3.8) is 0 Å². The molecule has 0 spiro atoms. The fourth-order valence-electron chi connectivity index (χ4n) is 1.19. The highest BCUT2D eigenvalue weighted by Crippen LogP contribution is 2.22. The average molecular weight is 227 g/mol. The van der Waals surface area contributed by atoms with Gasteiger partial charge in [0.2, 0.25) is 0 Å². The van der Waals surface area contributed by atoms with Crippen molar-refractivity contribution in [3.8, 4) is 0 Å². The van der Waals surface area contributed by atoms with Crippen LogP contribution in [-0.2, 0) is 10.1 Å². The highest BCUT2D eigenvalue weighted by molar-refractivity contribution is 7.85. The zero-order chi connectivity index (χ0) is 10.1. The summed E-state index contributed by atoms with van der Waals surface area (Å²) in [5.41, 5.74) is 0.644. The summed E-state index contributed by atoms with van der Waals surface area (Å²) in [6.45, 7) is 3.76. The fraction of sp³-hybridized carbons (Fsp3) is 0.333. The van der Waals surface area contributed by atoms with Gasteiger partial charge in [-0.15, -0.1) is 0 Å². The van der Waals surface area contributed by atoms with Crippen molar-refractivity contribution >= 4 is 33.2 Å². The Bertz CT molecular complexity index is 398. The lowest BCUT2D eigenvalue weighted by Crippen LogP contribution is -2.03. The standard InChI is InChI=1S/C9H12O3S.Mg.2H/c1-7(2)8-5-3-4-6-9(8)13(10,11)12;;;/h3-7H,1-2H3,(H,10,11,12);;;. The Balaban J connectivity index is 0.00000169. The molecule has 0 aliphatic rings. The molecule has 0 atom stereocenters. The molecule has 0 amide bonds. The molecule has 0 heterocycles. The number of benzene rings is 1. The van der Waals surface area contributed by atoms with Gasteiger partial charge in [0.05, 0.1) is 4.90 Å². The first kappa shape index (κ1) is 13.9. The van der Waals surface area contributed by atoms with Gasteiger partial charge in [-0.1, -0.05) is 32.0 Å². The minimum atomic E-state index is -4.08. The van der Waals surface area contributed by atoms with Gasteiger partial charge in [0, 0.05) is 0 Å². The maximum absolute atomic E-state index is 10.9. The predicted molar refractivity (Wildman–Crippen MR) is 58.9 cm³/mol. The molecule has 0 aromatic heterocycles. The number of rotatable bonds is 2. The summed E-state index contributed by atoms with van der Waals surface area (Å²) in [6.07, 6.45) is 0. The zero-order valence-electron chi connectivity index (χ0n) is 7.56. The highest BCUT2D eigenvalue weighted by Gasteiger charge is 2.15. The molecular formula is C9H14MgO3S. The SMILES string of the molecule is CC(C)c1ccccc1S(=O)(=O)O.[MgH2]. The van der Waals surface area contributed by atoms with Crippen LogP contribution in [-0.4, -0.2) is 36.0 Å². The Kier molecular flexibility index (Phi) is 5.07. The highest BCUT2D eigenvalue weighted by atomic mass is 32.2. The summed E-state index contributed by atoms with van der Waals surface area (Å²) in [4.78, 5) is 0.00463. The quantitative estimate of drug-likeness (QED) is 0.608. The zero-order valence-corrected chi connectivity index (χ0v) is 8.38. The third-order valence-electron chi connectivity index (χ3n) is 1.82. The lowest BCUT2D eigenvalue weighted by Gasteiger charge is -2.09. The van der Waals surface area contributed by atoms with Crippen LogP contribution in [0, 0.1) is 0 Å². The van der Waals surface area contributed by atoms with Crippen molar-refractivity contribution in [1.29, 1.82) is 0 Å². The van der Waals surface area contributed by atoms with Crippen molar-refractivity contribution in [2.45, 2.75) is 24.7 Å². The maximum atomic E-state index is 10.9. The Labute approximate surface area is 100 Å². The summed E-state index contributed by atoms with van der Waals surface area (Å²) in [7, 11) is -4.08. The summed E-state index contributed by atoms with van der Waals surface area (Å²) < 4.78 is 30.7. The van der Waals surface area contributed by atoms with Crippen molar-refractivity contribution in [2.75, 3.05) is 0 Å². The Morgan fingerprint density at radius 3 is 2.07 bits per heavy atom. The topological polar surface area (TPSA) is 54.4 Å². The van der Waals surface area contributed by atoms with Crippen LogP contribution in [0.1, 0.15) is 25.3 Å². The average Bonchev–Trinajstić information content (AvgIpc) is 2.03. The number of hydrogen-bond acceptors (Lipinski definition) is 2. The molecule has 0 aliphatic heterocycles. The first-order valence-corrected chi connectivity index (χ1v) is 5.43. The van der Waals surface area contributed by atoms with Gasteiger partial charge >= 0.3 is 23.1 Å². The minimum absolute atomic E-state index is 0. The van der Waals surface area contributed by atoms with Gasteiger partial charge < -0.3 is 0 Å². The van der Waals surface area contributed by atoms with Gasteiger partial charge in [-0.05, 0) is 17.5 Å². The van der Waals surface area contributed by atoms with E-state index in [4.69, 9.17) is 4.55 Å². The Morgan fingerprint density at radius 1 is 1.21 bits per heavy atom. The first-order chi connectivity index (χ1) is 5.93. The molecule has 14 heavy (non-hydrogen) atoms. The van der Waals surface area contributed by atoms with Crippen LogP contribution in [0.5, 0.6) is 0 Å². The summed E-state index contributed by atoms with van der Waals surface area (Å²) in [5.74, 6) is 0.0816. The molecule has 0 fully saturated rings. The molecule has 3 nitrogen and oxygen atoms in total. The van der Waals surface area contributed by atoms with E-state index in [9.17, 15) is 8.42 Å². The molecule has 0 unspecified atom stereocenters. The molecule has 1 aromatic carbocycles. The lowest BCUT2D eigenvalue weighted by molar-refractivity contribution is 0.481. The smallest absolute Gasteiger partial charge is 0.282 e. The van der Waals surface area contributed by atoms with Crippen LogP contribution in [0.25, 0.3) is 0 Å². The molecule has 0 saturated carbocycles. The first-order valence-electron chi connectivity index (χ1n) is 3.99. The third kappa shape index (κ3) is 3.23. The normalized spacial score (nSPS) is 11.1. The van der Waals surface area contributed by atoms with Crippen molar-refractivity contribution < 1.29 is 13.0 Å². The summed E-state index contributed by atoms with van der Waals surface area (Å²) >= 11 is 0. The molecule has 0 radical (unpaired) electrons. The summed E-state index contributed by atoms with van der Waals surface area (Å²) in [5, 5.41) is 0. The molecule has 0 saturated heterocycles. The van der Waals surface area contributed by atoms with E-state index in [0.717, 1.165) is 0 Å². The van der Waals surface area contributed by atoms with E-state index in [2.05, 4.69) is 0 Å². The van der Waals surface area contributed by atoms with Crippen LogP contribution in [0.4, 0.5) is 0 Å². The van der Waals surface area contributed by atoms with Crippen LogP contribution in [0.15, 0.2) is 29.2 Å². The van der Waals surface area contributed by atoms with Gasteiger partial charge in [-0.3, -0.25) is 4.55 Å². The molecule has 1 N–H and O–H groups in total. The Hall–Kier alpha value is -0.104. The van der Waals surface area contributed by atoms with E-state index in [1.54, 1.807) is 18.2 Å². The van der Waals surface area contributed by atoms with Crippen molar-refractivity contribution in [1.82, 2.24) is 0 Å². The van der Waals surface area contributed by atoms with Gasteiger partial charge in [-0.2, -0.15) is 8.42 Å². The van der Waals surface area contributed by atoms with Crippen molar-refractivity contribution in [2.24, 2.45) is 0 Å². The maximum Gasteiger partial charge on any atom is 0.316 e. The number of hydrogen-bond donors (Lipinski definition) is 1. The van der Waals surface area contributed by atoms with Gasteiger partial charge in [-0.25, -0.2) is 0 Å².